The second-order valence-corrected chi connectivity index (χ2v) is 8.55. The molecule has 6 nitrogen and oxygen atoms in total. The SMILES string of the molecule is CC(C)c1nn(-c2c(Cl)cc(Cl)cc2Cl)c2nc(Cc3cccc(N)c3)[nH]c(=O)c12. The Hall–Kier alpha value is -2.54. The van der Waals surface area contributed by atoms with Crippen molar-refractivity contribution in [1.29, 1.82) is 0 Å². The minimum atomic E-state index is -0.268. The van der Waals surface area contributed by atoms with Crippen molar-refractivity contribution < 1.29 is 0 Å². The number of H-pyrrole nitrogens is 1. The Kier molecular flexibility index (Phi) is 5.49. The summed E-state index contributed by atoms with van der Waals surface area (Å²) in [6.45, 7) is 3.91. The number of nitrogens with zero attached hydrogens (tertiary/aromatic N) is 3. The van der Waals surface area contributed by atoms with Crippen LogP contribution in [0.5, 0.6) is 0 Å². The summed E-state index contributed by atoms with van der Waals surface area (Å²) in [7, 11) is 0. The van der Waals surface area contributed by atoms with Crippen LogP contribution in [0, 0.1) is 0 Å². The highest BCUT2D eigenvalue weighted by Crippen LogP contribution is 2.34. The van der Waals surface area contributed by atoms with E-state index in [0.717, 1.165) is 5.56 Å². The average Bonchev–Trinajstić information content (AvgIpc) is 3.01. The van der Waals surface area contributed by atoms with Crippen molar-refractivity contribution in [3.63, 3.8) is 0 Å². The molecule has 4 aromatic rings. The number of hydrogen-bond acceptors (Lipinski definition) is 4. The van der Waals surface area contributed by atoms with Gasteiger partial charge in [-0.2, -0.15) is 5.10 Å². The number of aromatic amines is 1. The van der Waals surface area contributed by atoms with Crippen LogP contribution in [-0.2, 0) is 6.42 Å². The second kappa shape index (κ2) is 7.95. The molecule has 2 heterocycles. The first kappa shape index (κ1) is 20.7. The molecule has 3 N–H and O–H groups in total. The molecule has 0 saturated carbocycles. The molecule has 0 bridgehead atoms. The van der Waals surface area contributed by atoms with Gasteiger partial charge in [0, 0.05) is 17.1 Å². The summed E-state index contributed by atoms with van der Waals surface area (Å²) in [5, 5.41) is 6.07. The molecule has 0 aliphatic heterocycles. The zero-order chi connectivity index (χ0) is 21.6. The van der Waals surface area contributed by atoms with E-state index in [1.165, 1.54) is 4.68 Å². The van der Waals surface area contributed by atoms with Crippen LogP contribution >= 0.6 is 34.8 Å². The number of benzene rings is 2. The van der Waals surface area contributed by atoms with Gasteiger partial charge in [-0.05, 0) is 35.7 Å². The lowest BCUT2D eigenvalue weighted by molar-refractivity contribution is 0.776. The number of fused-ring (bicyclic) bond motifs is 1. The van der Waals surface area contributed by atoms with Crippen molar-refractivity contribution in [1.82, 2.24) is 19.7 Å². The molecule has 2 aromatic carbocycles. The molecule has 2 aromatic heterocycles. The van der Waals surface area contributed by atoms with Crippen LogP contribution in [0.25, 0.3) is 16.7 Å². The predicted molar refractivity (Wildman–Crippen MR) is 122 cm³/mol. The fourth-order valence-electron chi connectivity index (χ4n) is 3.37. The summed E-state index contributed by atoms with van der Waals surface area (Å²) in [6.07, 6.45) is 0.403. The monoisotopic (exact) mass is 461 g/mol. The molecule has 0 saturated heterocycles. The van der Waals surface area contributed by atoms with E-state index in [1.807, 2.05) is 32.0 Å². The molecular formula is C21H18Cl3N5O. The van der Waals surface area contributed by atoms with Crippen LogP contribution in [0.15, 0.2) is 41.2 Å². The first-order chi connectivity index (χ1) is 14.2. The predicted octanol–water partition coefficient (Wildman–Crippen LogP) is 5.37. The molecule has 0 amide bonds. The van der Waals surface area contributed by atoms with Crippen molar-refractivity contribution in [3.8, 4) is 5.69 Å². The minimum absolute atomic E-state index is 0.0127. The fourth-order valence-corrected chi connectivity index (χ4v) is 4.35. The average molecular weight is 463 g/mol. The van der Waals surface area contributed by atoms with Crippen molar-refractivity contribution in [2.75, 3.05) is 5.73 Å². The first-order valence-electron chi connectivity index (χ1n) is 9.25. The maximum Gasteiger partial charge on any atom is 0.262 e. The van der Waals surface area contributed by atoms with Gasteiger partial charge in [0.05, 0.1) is 15.7 Å². The van der Waals surface area contributed by atoms with E-state index in [0.29, 0.717) is 55.4 Å². The molecule has 0 atom stereocenters. The summed E-state index contributed by atoms with van der Waals surface area (Å²) < 4.78 is 1.52. The number of aromatic nitrogens is 4. The lowest BCUT2D eigenvalue weighted by atomic mass is 10.1. The van der Waals surface area contributed by atoms with Gasteiger partial charge < -0.3 is 10.7 Å². The van der Waals surface area contributed by atoms with Gasteiger partial charge in [-0.3, -0.25) is 4.79 Å². The summed E-state index contributed by atoms with van der Waals surface area (Å²) >= 11 is 18.9. The van der Waals surface area contributed by atoms with Crippen LogP contribution < -0.4 is 11.3 Å². The van der Waals surface area contributed by atoms with Gasteiger partial charge in [-0.15, -0.1) is 0 Å². The lowest BCUT2D eigenvalue weighted by Gasteiger charge is -2.09. The topological polar surface area (TPSA) is 89.6 Å². The van der Waals surface area contributed by atoms with Crippen molar-refractivity contribution in [2.24, 2.45) is 0 Å². The highest BCUT2D eigenvalue weighted by Gasteiger charge is 2.22. The van der Waals surface area contributed by atoms with Crippen molar-refractivity contribution in [3.05, 3.63) is 78.9 Å². The number of nitrogens with one attached hydrogen (secondary N) is 1. The number of rotatable bonds is 4. The van der Waals surface area contributed by atoms with Crippen LogP contribution in [0.2, 0.25) is 15.1 Å². The number of nitrogens with two attached hydrogens (primary N) is 1. The van der Waals surface area contributed by atoms with Gasteiger partial charge in [-0.1, -0.05) is 60.8 Å². The van der Waals surface area contributed by atoms with Gasteiger partial charge in [0.25, 0.3) is 5.56 Å². The zero-order valence-corrected chi connectivity index (χ0v) is 18.5. The smallest absolute Gasteiger partial charge is 0.262 e. The van der Waals surface area contributed by atoms with E-state index in [1.54, 1.807) is 18.2 Å². The highest BCUT2D eigenvalue weighted by molar-refractivity contribution is 6.40. The number of nitrogen functional groups attached to an aromatic ring is 1. The molecule has 154 valence electrons. The molecule has 4 rings (SSSR count). The number of halogens is 3. The van der Waals surface area contributed by atoms with Gasteiger partial charge in [0.2, 0.25) is 0 Å². The normalized spacial score (nSPS) is 11.5. The Morgan fingerprint density at radius 1 is 1.13 bits per heavy atom. The standard InChI is InChI=1S/C21H18Cl3N5O/c1-10(2)18-17-20(29(28-18)19-14(23)8-12(22)9-15(19)24)26-16(27-21(17)30)7-11-4-3-5-13(25)6-11/h3-6,8-10H,7,25H2,1-2H3,(H,26,27,30). The van der Waals surface area contributed by atoms with E-state index in [-0.39, 0.29) is 11.5 Å². The molecule has 9 heteroatoms. The van der Waals surface area contributed by atoms with Gasteiger partial charge >= 0.3 is 0 Å². The molecule has 0 aliphatic carbocycles. The van der Waals surface area contributed by atoms with Crippen LogP contribution in [0.3, 0.4) is 0 Å². The van der Waals surface area contributed by atoms with E-state index >= 15 is 0 Å². The van der Waals surface area contributed by atoms with Crippen LogP contribution in [0.1, 0.15) is 36.8 Å². The summed E-state index contributed by atoms with van der Waals surface area (Å²) in [5.74, 6) is 0.469. The maximum atomic E-state index is 13.0. The van der Waals surface area contributed by atoms with Gasteiger partial charge in [0.1, 0.15) is 16.9 Å². The minimum Gasteiger partial charge on any atom is -0.399 e. The first-order valence-corrected chi connectivity index (χ1v) is 10.4. The Balaban J connectivity index is 1.97. The van der Waals surface area contributed by atoms with E-state index in [9.17, 15) is 4.79 Å². The van der Waals surface area contributed by atoms with Crippen LogP contribution in [-0.4, -0.2) is 19.7 Å². The fraction of sp³-hybridized carbons (Fsp3) is 0.190. The lowest BCUT2D eigenvalue weighted by Crippen LogP contribution is -2.14. The zero-order valence-electron chi connectivity index (χ0n) is 16.2. The van der Waals surface area contributed by atoms with E-state index in [4.69, 9.17) is 45.5 Å². The third kappa shape index (κ3) is 3.78. The maximum absolute atomic E-state index is 13.0. The quantitative estimate of drug-likeness (QED) is 0.399. The Morgan fingerprint density at radius 3 is 2.47 bits per heavy atom. The third-order valence-corrected chi connectivity index (χ3v) is 5.47. The highest BCUT2D eigenvalue weighted by atomic mass is 35.5. The molecule has 30 heavy (non-hydrogen) atoms. The Bertz CT molecular complexity index is 1300. The molecule has 0 unspecified atom stereocenters. The molecule has 0 radical (unpaired) electrons. The summed E-state index contributed by atoms with van der Waals surface area (Å²) in [5.41, 5.74) is 8.58. The largest absolute Gasteiger partial charge is 0.399 e. The van der Waals surface area contributed by atoms with Gasteiger partial charge in [0.15, 0.2) is 5.65 Å². The molecule has 0 aliphatic rings. The van der Waals surface area contributed by atoms with Crippen LogP contribution in [0.4, 0.5) is 5.69 Å². The Morgan fingerprint density at radius 2 is 1.83 bits per heavy atom. The second-order valence-electron chi connectivity index (χ2n) is 7.30. The molecule has 0 spiro atoms. The number of hydrogen-bond donors (Lipinski definition) is 2. The number of anilines is 1. The Labute approximate surface area is 187 Å². The third-order valence-electron chi connectivity index (χ3n) is 4.68. The van der Waals surface area contributed by atoms with Crippen molar-refractivity contribution in [2.45, 2.75) is 26.2 Å². The summed E-state index contributed by atoms with van der Waals surface area (Å²) in [4.78, 5) is 20.6. The molecular weight excluding hydrogens is 445 g/mol. The van der Waals surface area contributed by atoms with Crippen molar-refractivity contribution >= 4 is 51.5 Å². The molecule has 0 fully saturated rings. The van der Waals surface area contributed by atoms with E-state index in [2.05, 4.69) is 10.1 Å². The van der Waals surface area contributed by atoms with E-state index < -0.39 is 0 Å². The van der Waals surface area contributed by atoms with Gasteiger partial charge in [-0.25, -0.2) is 9.67 Å². The summed E-state index contributed by atoms with van der Waals surface area (Å²) in [6, 6.07) is 10.6.